The average molecular weight is 277 g/mol. The highest BCUT2D eigenvalue weighted by atomic mass is 28.3. The minimum atomic E-state index is -1.37. The second kappa shape index (κ2) is 6.30. The maximum absolute atomic E-state index is 11.4. The van der Waals surface area contributed by atoms with Gasteiger partial charge in [-0.05, 0) is 12.1 Å². The van der Waals surface area contributed by atoms with Crippen LogP contribution in [-0.4, -0.2) is 32.8 Å². The van der Waals surface area contributed by atoms with E-state index in [4.69, 9.17) is 0 Å². The number of esters is 1. The number of hydrogen-bond donors (Lipinski definition) is 2. The van der Waals surface area contributed by atoms with E-state index in [1.54, 1.807) is 12.1 Å². The molecule has 0 aliphatic carbocycles. The number of carbonyl (C=O) groups is 1. The summed E-state index contributed by atoms with van der Waals surface area (Å²) < 4.78 is 4.62. The van der Waals surface area contributed by atoms with Gasteiger partial charge in [0.1, 0.15) is 13.8 Å². The highest BCUT2D eigenvalue weighted by molar-refractivity contribution is 6.83. The Morgan fingerprint density at radius 3 is 2.63 bits per heavy atom. The van der Waals surface area contributed by atoms with Gasteiger partial charge < -0.3 is 15.2 Å². The second-order valence-corrected chi connectivity index (χ2v) is 9.92. The summed E-state index contributed by atoms with van der Waals surface area (Å²) >= 11 is 0. The van der Waals surface area contributed by atoms with Crippen molar-refractivity contribution in [1.82, 2.24) is 0 Å². The topological polar surface area (TPSA) is 58.6 Å². The molecule has 2 N–H and O–H groups in total. The van der Waals surface area contributed by atoms with E-state index in [2.05, 4.69) is 41.2 Å². The number of ether oxygens (including phenoxy) is 1. The maximum atomic E-state index is 11.4. The van der Waals surface area contributed by atoms with E-state index in [-0.39, 0.29) is 5.75 Å². The number of nitrogens with one attached hydrogen (secondary N) is 1. The SMILES string of the molecule is COC(=O)c1cc(O)cc(NCC#C[Si](C)(C)C)c1. The van der Waals surface area contributed by atoms with Crippen molar-refractivity contribution < 1.29 is 14.6 Å². The van der Waals surface area contributed by atoms with Crippen molar-refractivity contribution in [3.05, 3.63) is 23.8 Å². The first-order valence-corrected chi connectivity index (χ1v) is 9.48. The van der Waals surface area contributed by atoms with Crippen molar-refractivity contribution in [3.63, 3.8) is 0 Å². The fourth-order valence-corrected chi connectivity index (χ4v) is 2.02. The Labute approximate surface area is 114 Å². The van der Waals surface area contributed by atoms with E-state index >= 15 is 0 Å². The Balaban J connectivity index is 2.76. The molecular formula is C14H19NO3Si. The number of phenols is 1. The van der Waals surface area contributed by atoms with E-state index in [9.17, 15) is 9.90 Å². The largest absolute Gasteiger partial charge is 0.508 e. The van der Waals surface area contributed by atoms with Crippen molar-refractivity contribution in [1.29, 1.82) is 0 Å². The van der Waals surface area contributed by atoms with E-state index in [1.807, 2.05) is 0 Å². The van der Waals surface area contributed by atoms with Crippen LogP contribution in [0.15, 0.2) is 18.2 Å². The van der Waals surface area contributed by atoms with Crippen LogP contribution in [0.2, 0.25) is 19.6 Å². The molecule has 0 amide bonds. The molecule has 0 unspecified atom stereocenters. The molecule has 0 radical (unpaired) electrons. The Morgan fingerprint density at radius 2 is 2.05 bits per heavy atom. The summed E-state index contributed by atoms with van der Waals surface area (Å²) in [6, 6.07) is 4.54. The van der Waals surface area contributed by atoms with E-state index < -0.39 is 14.0 Å². The first-order valence-electron chi connectivity index (χ1n) is 5.98. The standard InChI is InChI=1S/C14H19NO3Si/c1-18-14(17)11-8-12(10-13(16)9-11)15-6-5-7-19(2,3)4/h8-10,15-16H,6H2,1-4H3. The molecule has 0 aliphatic heterocycles. The van der Waals surface area contributed by atoms with Crippen molar-refractivity contribution in [3.8, 4) is 17.2 Å². The van der Waals surface area contributed by atoms with Crippen LogP contribution >= 0.6 is 0 Å². The van der Waals surface area contributed by atoms with Gasteiger partial charge in [0.05, 0.1) is 19.2 Å². The Bertz CT molecular complexity index is 524. The van der Waals surface area contributed by atoms with Crippen LogP contribution in [0.25, 0.3) is 0 Å². The van der Waals surface area contributed by atoms with Crippen LogP contribution in [0.3, 0.4) is 0 Å². The minimum Gasteiger partial charge on any atom is -0.508 e. The van der Waals surface area contributed by atoms with Crippen LogP contribution in [0.5, 0.6) is 5.75 Å². The Hall–Kier alpha value is -1.93. The molecule has 1 rings (SSSR count). The molecule has 0 saturated carbocycles. The fraction of sp³-hybridized carbons (Fsp3) is 0.357. The quantitative estimate of drug-likeness (QED) is 0.506. The number of carbonyl (C=O) groups excluding carboxylic acids is 1. The molecule has 0 bridgehead atoms. The number of methoxy groups -OCH3 is 1. The summed E-state index contributed by atoms with van der Waals surface area (Å²) in [5.74, 6) is 2.60. The summed E-state index contributed by atoms with van der Waals surface area (Å²) in [4.78, 5) is 11.4. The van der Waals surface area contributed by atoms with Gasteiger partial charge >= 0.3 is 5.97 Å². The Morgan fingerprint density at radius 1 is 1.37 bits per heavy atom. The maximum Gasteiger partial charge on any atom is 0.338 e. The lowest BCUT2D eigenvalue weighted by molar-refractivity contribution is 0.0600. The van der Waals surface area contributed by atoms with Crippen LogP contribution in [0.1, 0.15) is 10.4 Å². The molecule has 0 saturated heterocycles. The van der Waals surface area contributed by atoms with Gasteiger partial charge in [0.2, 0.25) is 0 Å². The smallest absolute Gasteiger partial charge is 0.338 e. The molecular weight excluding hydrogens is 258 g/mol. The van der Waals surface area contributed by atoms with Crippen molar-refractivity contribution in [2.75, 3.05) is 19.0 Å². The highest BCUT2D eigenvalue weighted by Gasteiger charge is 2.09. The molecule has 102 valence electrons. The lowest BCUT2D eigenvalue weighted by Crippen LogP contribution is -2.17. The second-order valence-electron chi connectivity index (χ2n) is 5.17. The molecule has 0 fully saturated rings. The van der Waals surface area contributed by atoms with Gasteiger partial charge in [-0.2, -0.15) is 0 Å². The number of benzene rings is 1. The third-order valence-corrected chi connectivity index (χ3v) is 3.11. The number of aromatic hydroxyl groups is 1. The van der Waals surface area contributed by atoms with Crippen LogP contribution in [0.4, 0.5) is 5.69 Å². The zero-order chi connectivity index (χ0) is 14.5. The molecule has 0 aromatic heterocycles. The summed E-state index contributed by atoms with van der Waals surface area (Å²) in [6.45, 7) is 6.99. The normalized spacial score (nSPS) is 10.3. The first kappa shape index (κ1) is 15.1. The lowest BCUT2D eigenvalue weighted by Gasteiger charge is -2.07. The third-order valence-electron chi connectivity index (χ3n) is 2.18. The van der Waals surface area contributed by atoms with Crippen molar-refractivity contribution in [2.45, 2.75) is 19.6 Å². The van der Waals surface area contributed by atoms with Crippen LogP contribution < -0.4 is 5.32 Å². The van der Waals surface area contributed by atoms with Gasteiger partial charge in [-0.25, -0.2) is 4.79 Å². The highest BCUT2D eigenvalue weighted by Crippen LogP contribution is 2.20. The molecule has 5 heteroatoms. The van der Waals surface area contributed by atoms with E-state index in [0.717, 1.165) is 0 Å². The van der Waals surface area contributed by atoms with Gasteiger partial charge in [-0.1, -0.05) is 25.6 Å². The predicted molar refractivity (Wildman–Crippen MR) is 79.1 cm³/mol. The summed E-state index contributed by atoms with van der Waals surface area (Å²) in [5.41, 5.74) is 4.18. The third kappa shape index (κ3) is 5.49. The molecule has 0 aliphatic rings. The number of hydrogen-bond acceptors (Lipinski definition) is 4. The van der Waals surface area contributed by atoms with Gasteiger partial charge in [-0.15, -0.1) is 5.54 Å². The zero-order valence-corrected chi connectivity index (χ0v) is 12.7. The fourth-order valence-electron chi connectivity index (χ4n) is 1.40. The van der Waals surface area contributed by atoms with Gasteiger partial charge in [-0.3, -0.25) is 0 Å². The lowest BCUT2D eigenvalue weighted by atomic mass is 10.2. The van der Waals surface area contributed by atoms with E-state index in [0.29, 0.717) is 17.8 Å². The molecule has 1 aromatic carbocycles. The summed E-state index contributed by atoms with van der Waals surface area (Å²) in [7, 11) is -0.0610. The van der Waals surface area contributed by atoms with Gasteiger partial charge in [0, 0.05) is 11.8 Å². The summed E-state index contributed by atoms with van der Waals surface area (Å²) in [5, 5.41) is 12.6. The number of anilines is 1. The van der Waals surface area contributed by atoms with Crippen molar-refractivity contribution in [2.24, 2.45) is 0 Å². The number of rotatable bonds is 3. The molecule has 0 spiro atoms. The molecule has 0 heterocycles. The Kier molecular flexibility index (Phi) is 5.01. The first-order chi connectivity index (χ1) is 8.81. The molecule has 0 atom stereocenters. The molecule has 19 heavy (non-hydrogen) atoms. The molecule has 1 aromatic rings. The van der Waals surface area contributed by atoms with Crippen LogP contribution in [-0.2, 0) is 4.74 Å². The van der Waals surface area contributed by atoms with Crippen molar-refractivity contribution >= 4 is 19.7 Å². The zero-order valence-electron chi connectivity index (χ0n) is 11.7. The average Bonchev–Trinajstić information content (AvgIpc) is 2.32. The minimum absolute atomic E-state index is 0.0172. The summed E-state index contributed by atoms with van der Waals surface area (Å²) in [6.07, 6.45) is 0. The van der Waals surface area contributed by atoms with Gasteiger partial charge in [0.15, 0.2) is 0 Å². The molecule has 4 nitrogen and oxygen atoms in total. The van der Waals surface area contributed by atoms with Gasteiger partial charge in [0.25, 0.3) is 0 Å². The van der Waals surface area contributed by atoms with E-state index in [1.165, 1.54) is 13.2 Å². The number of phenolic OH excluding ortho intramolecular Hbond substituents is 1. The monoisotopic (exact) mass is 277 g/mol. The van der Waals surface area contributed by atoms with Crippen LogP contribution in [0, 0.1) is 11.5 Å². The predicted octanol–water partition coefficient (Wildman–Crippen LogP) is 2.47.